The number of aliphatic imine (C=N–C) groups is 1. The smallest absolute Gasteiger partial charge is 0.413 e. The molecule has 1 amide bonds. The molecule has 1 unspecified atom stereocenters. The molecule has 3 rings (SSSR count). The number of hydrogen-bond donors (Lipinski definition) is 1. The molecule has 1 heterocycles. The Morgan fingerprint density at radius 2 is 2.17 bits per heavy atom. The van der Waals surface area contributed by atoms with Crippen molar-refractivity contribution in [2.45, 2.75) is 50.9 Å². The van der Waals surface area contributed by atoms with Gasteiger partial charge in [0.2, 0.25) is 0 Å². The van der Waals surface area contributed by atoms with Crippen molar-refractivity contribution in [3.63, 3.8) is 0 Å². The SMILES string of the molecule is CO[C@@H]1C[C@H]2CSC(NC(=O)OC(C)(C)C)=NC2(c2cc([N+](=O)[O-])ccc2F)C1. The minimum Gasteiger partial charge on any atom is -0.444 e. The molecule has 1 aliphatic heterocycles. The monoisotopic (exact) mass is 425 g/mol. The van der Waals surface area contributed by atoms with E-state index >= 15 is 0 Å². The third-order valence-corrected chi connectivity index (χ3v) is 6.09. The van der Waals surface area contributed by atoms with E-state index in [-0.39, 0.29) is 23.3 Å². The van der Waals surface area contributed by atoms with Gasteiger partial charge in [0.1, 0.15) is 11.4 Å². The van der Waals surface area contributed by atoms with Gasteiger partial charge in [0.25, 0.3) is 5.69 Å². The van der Waals surface area contributed by atoms with Crippen LogP contribution in [0.4, 0.5) is 14.9 Å². The summed E-state index contributed by atoms with van der Waals surface area (Å²) >= 11 is 1.34. The predicted molar refractivity (Wildman–Crippen MR) is 108 cm³/mol. The number of thioether (sulfide) groups is 1. The van der Waals surface area contributed by atoms with Crippen LogP contribution in [0, 0.1) is 21.8 Å². The van der Waals surface area contributed by atoms with Crippen molar-refractivity contribution in [2.75, 3.05) is 12.9 Å². The third-order valence-electron chi connectivity index (χ3n) is 5.05. The van der Waals surface area contributed by atoms with Gasteiger partial charge in [-0.05, 0) is 33.3 Å². The third kappa shape index (κ3) is 4.53. The number of nitrogens with one attached hydrogen (secondary N) is 1. The molecule has 1 saturated carbocycles. The van der Waals surface area contributed by atoms with Crippen LogP contribution in [0.3, 0.4) is 0 Å². The Morgan fingerprint density at radius 1 is 1.45 bits per heavy atom. The van der Waals surface area contributed by atoms with Crippen LogP contribution in [0.15, 0.2) is 23.2 Å². The highest BCUT2D eigenvalue weighted by Gasteiger charge is 2.52. The maximum atomic E-state index is 14.8. The molecule has 0 bridgehead atoms. The maximum absolute atomic E-state index is 14.8. The standard InChI is InChI=1S/C19H24FN3O5S/c1-18(2,3)28-17(24)21-16-22-19(9-13(27-4)7-11(19)10-29-16)14-8-12(23(25)26)5-6-15(14)20/h5-6,8,11,13H,7,9-10H2,1-4H3,(H,21,22,24)/t11-,13+,19?/m0/s1. The fourth-order valence-corrected chi connectivity index (χ4v) is 4.98. The summed E-state index contributed by atoms with van der Waals surface area (Å²) in [5, 5.41) is 14.2. The van der Waals surface area contributed by atoms with Crippen molar-refractivity contribution in [3.05, 3.63) is 39.7 Å². The number of benzene rings is 1. The summed E-state index contributed by atoms with van der Waals surface area (Å²) in [7, 11) is 1.58. The maximum Gasteiger partial charge on any atom is 0.413 e. The van der Waals surface area contributed by atoms with Gasteiger partial charge in [-0.15, -0.1) is 0 Å². The Hall–Kier alpha value is -2.20. The van der Waals surface area contributed by atoms with Gasteiger partial charge in [-0.3, -0.25) is 20.4 Å². The average molecular weight is 425 g/mol. The molecule has 0 saturated heterocycles. The normalized spacial score (nSPS) is 26.4. The number of ether oxygens (including phenoxy) is 2. The minimum absolute atomic E-state index is 0.0851. The molecule has 1 aliphatic carbocycles. The Morgan fingerprint density at radius 3 is 2.79 bits per heavy atom. The van der Waals surface area contributed by atoms with E-state index in [2.05, 4.69) is 5.32 Å². The number of nitrogens with zero attached hydrogens (tertiary/aromatic N) is 2. The van der Waals surface area contributed by atoms with Crippen LogP contribution in [-0.2, 0) is 15.0 Å². The molecule has 1 fully saturated rings. The van der Waals surface area contributed by atoms with Gasteiger partial charge >= 0.3 is 6.09 Å². The number of nitro benzene ring substituents is 1. The molecule has 3 atom stereocenters. The first-order chi connectivity index (χ1) is 13.5. The predicted octanol–water partition coefficient (Wildman–Crippen LogP) is 3.98. The molecule has 1 aromatic rings. The summed E-state index contributed by atoms with van der Waals surface area (Å²) in [5.74, 6) is -0.0841. The number of fused-ring (bicyclic) bond motifs is 1. The van der Waals surface area contributed by atoms with E-state index in [4.69, 9.17) is 14.5 Å². The number of carbonyl (C=O) groups excluding carboxylic acids is 1. The van der Waals surface area contributed by atoms with Crippen molar-refractivity contribution < 1.29 is 23.6 Å². The Balaban J connectivity index is 2.02. The summed E-state index contributed by atoms with van der Waals surface area (Å²) in [4.78, 5) is 27.6. The van der Waals surface area contributed by atoms with E-state index in [0.717, 1.165) is 12.1 Å². The van der Waals surface area contributed by atoms with Crippen LogP contribution in [0.2, 0.25) is 0 Å². The van der Waals surface area contributed by atoms with Crippen molar-refractivity contribution >= 4 is 28.7 Å². The van der Waals surface area contributed by atoms with Crippen LogP contribution >= 0.6 is 11.8 Å². The van der Waals surface area contributed by atoms with Crippen LogP contribution in [-0.4, -0.2) is 40.8 Å². The number of methoxy groups -OCH3 is 1. The van der Waals surface area contributed by atoms with E-state index in [9.17, 15) is 19.3 Å². The summed E-state index contributed by atoms with van der Waals surface area (Å²) in [6.45, 7) is 5.25. The summed E-state index contributed by atoms with van der Waals surface area (Å²) in [5.41, 5.74) is -1.78. The minimum atomic E-state index is -1.05. The Bertz CT molecular complexity index is 857. The van der Waals surface area contributed by atoms with Gasteiger partial charge in [-0.25, -0.2) is 9.18 Å². The Labute approximate surface area is 172 Å². The number of rotatable bonds is 3. The number of amidine groups is 1. The molecule has 8 nitrogen and oxygen atoms in total. The Kier molecular flexibility index (Phi) is 5.86. The van der Waals surface area contributed by atoms with Crippen LogP contribution in [0.25, 0.3) is 0 Å². The van der Waals surface area contributed by atoms with E-state index in [1.165, 1.54) is 17.8 Å². The molecule has 1 N–H and O–H groups in total. The van der Waals surface area contributed by atoms with E-state index in [1.54, 1.807) is 27.9 Å². The number of amides is 1. The van der Waals surface area contributed by atoms with E-state index in [0.29, 0.717) is 23.8 Å². The summed E-state index contributed by atoms with van der Waals surface area (Å²) < 4.78 is 25.6. The molecule has 1 aromatic carbocycles. The summed E-state index contributed by atoms with van der Waals surface area (Å²) in [6, 6.07) is 3.47. The van der Waals surface area contributed by atoms with Crippen molar-refractivity contribution in [1.82, 2.24) is 5.32 Å². The first kappa shape index (κ1) is 21.5. The molecule has 0 aromatic heterocycles. The molecule has 29 heavy (non-hydrogen) atoms. The van der Waals surface area contributed by atoms with Gasteiger partial charge in [-0.2, -0.15) is 0 Å². The first-order valence-corrected chi connectivity index (χ1v) is 10.2. The fraction of sp³-hybridized carbons (Fsp3) is 0.579. The van der Waals surface area contributed by atoms with Crippen LogP contribution in [0.1, 0.15) is 39.2 Å². The molecule has 0 radical (unpaired) electrons. The quantitative estimate of drug-likeness (QED) is 0.580. The largest absolute Gasteiger partial charge is 0.444 e. The lowest BCUT2D eigenvalue weighted by Gasteiger charge is -2.36. The lowest BCUT2D eigenvalue weighted by molar-refractivity contribution is -0.385. The fourth-order valence-electron chi connectivity index (χ4n) is 3.83. The molecule has 0 spiro atoms. The first-order valence-electron chi connectivity index (χ1n) is 9.24. The number of carbonyl (C=O) groups is 1. The summed E-state index contributed by atoms with van der Waals surface area (Å²) in [6.07, 6.45) is 0.197. The van der Waals surface area contributed by atoms with Crippen molar-refractivity contribution in [2.24, 2.45) is 10.9 Å². The lowest BCUT2D eigenvalue weighted by atomic mass is 9.81. The zero-order valence-electron chi connectivity index (χ0n) is 16.7. The van der Waals surface area contributed by atoms with Gasteiger partial charge in [0.05, 0.1) is 16.6 Å². The molecule has 2 aliphatic rings. The van der Waals surface area contributed by atoms with Gasteiger partial charge in [0, 0.05) is 42.9 Å². The van der Waals surface area contributed by atoms with Crippen LogP contribution in [0.5, 0.6) is 0 Å². The molecular weight excluding hydrogens is 401 g/mol. The average Bonchev–Trinajstić information content (AvgIpc) is 2.99. The lowest BCUT2D eigenvalue weighted by Crippen LogP contribution is -2.42. The van der Waals surface area contributed by atoms with Gasteiger partial charge in [0.15, 0.2) is 5.17 Å². The van der Waals surface area contributed by atoms with E-state index in [1.807, 2.05) is 0 Å². The second-order valence-corrected chi connectivity index (χ2v) is 9.20. The highest BCUT2D eigenvalue weighted by atomic mass is 32.2. The van der Waals surface area contributed by atoms with Crippen molar-refractivity contribution in [3.8, 4) is 0 Å². The van der Waals surface area contributed by atoms with Gasteiger partial charge in [-0.1, -0.05) is 11.8 Å². The number of non-ortho nitro benzene ring substituents is 1. The number of alkyl carbamates (subject to hydrolysis) is 1. The number of halogens is 1. The molecule has 10 heteroatoms. The number of hydrogen-bond acceptors (Lipinski definition) is 7. The topological polar surface area (TPSA) is 103 Å². The number of nitro groups is 1. The van der Waals surface area contributed by atoms with Crippen LogP contribution < -0.4 is 5.32 Å². The zero-order chi connectivity index (χ0) is 21.4. The second kappa shape index (κ2) is 7.91. The molecule has 158 valence electrons. The molecular formula is C19H24FN3O5S. The highest BCUT2D eigenvalue weighted by Crippen LogP contribution is 2.52. The van der Waals surface area contributed by atoms with Gasteiger partial charge < -0.3 is 9.47 Å². The highest BCUT2D eigenvalue weighted by molar-refractivity contribution is 8.13. The van der Waals surface area contributed by atoms with E-state index < -0.39 is 28.0 Å². The zero-order valence-corrected chi connectivity index (χ0v) is 17.5. The second-order valence-electron chi connectivity index (χ2n) is 8.19. The van der Waals surface area contributed by atoms with Crippen molar-refractivity contribution in [1.29, 1.82) is 0 Å².